The van der Waals surface area contributed by atoms with Crippen molar-refractivity contribution >= 4 is 74.4 Å². The molecule has 3 heterocycles. The molecule has 3 aliphatic heterocycles. The van der Waals surface area contributed by atoms with Gasteiger partial charge in [0.2, 0.25) is 0 Å². The third-order valence-electron chi connectivity index (χ3n) is 11.3. The Morgan fingerprint density at radius 3 is 0.982 bits per heavy atom. The fourth-order valence-corrected chi connectivity index (χ4v) is 8.92. The molecule has 9 rings (SSSR count). The molecule has 7 heteroatoms. The first kappa shape index (κ1) is 34.4. The predicted octanol–water partition coefficient (Wildman–Crippen LogP) is 12.6. The summed E-state index contributed by atoms with van der Waals surface area (Å²) in [7, 11) is 0. The van der Waals surface area contributed by atoms with Crippen molar-refractivity contribution < 1.29 is 9.59 Å². The standard InChI is InChI=1S/C48H45N5O2/c1-7-49-34-20-9-13-24-38(34)51(39-25-14-10-21-35(39)49)42-28-29-43(52-40-26-15-11-22-36(40)50(8-2)37-23-12-16-27-41(37)52)45-44(42)47(54)53(48(45)55)46-32(30(3)4)18-17-19-33(46)31(5)6/h9-31H,7-8H2,1-6H3. The lowest BCUT2D eigenvalue weighted by Gasteiger charge is -2.41. The monoisotopic (exact) mass is 723 g/mol. The molecule has 0 saturated heterocycles. The highest BCUT2D eigenvalue weighted by atomic mass is 16.2. The number of imide groups is 1. The van der Waals surface area contributed by atoms with Crippen LogP contribution < -0.4 is 24.5 Å². The lowest BCUT2D eigenvalue weighted by molar-refractivity contribution is 0.0926. The van der Waals surface area contributed by atoms with E-state index in [1.165, 1.54) is 4.90 Å². The number of para-hydroxylation sites is 9. The third kappa shape index (κ3) is 5.02. The molecule has 0 aromatic heterocycles. The largest absolute Gasteiger partial charge is 0.338 e. The topological polar surface area (TPSA) is 50.3 Å². The lowest BCUT2D eigenvalue weighted by atomic mass is 9.92. The molecule has 6 aromatic rings. The number of hydrogen-bond acceptors (Lipinski definition) is 6. The van der Waals surface area contributed by atoms with Crippen LogP contribution in [0.15, 0.2) is 127 Å². The minimum Gasteiger partial charge on any atom is -0.338 e. The molecule has 0 radical (unpaired) electrons. The highest BCUT2D eigenvalue weighted by Crippen LogP contribution is 2.57. The molecule has 6 aromatic carbocycles. The molecule has 3 aliphatic rings. The molecule has 0 spiro atoms. The quantitative estimate of drug-likeness (QED) is 0.153. The van der Waals surface area contributed by atoms with Crippen LogP contribution in [0.25, 0.3) is 0 Å². The normalized spacial score (nSPS) is 14.4. The van der Waals surface area contributed by atoms with E-state index in [-0.39, 0.29) is 23.7 Å². The molecule has 0 saturated carbocycles. The van der Waals surface area contributed by atoms with Crippen molar-refractivity contribution in [3.8, 4) is 0 Å². The van der Waals surface area contributed by atoms with Gasteiger partial charge in [-0.3, -0.25) is 9.59 Å². The zero-order valence-corrected chi connectivity index (χ0v) is 32.2. The van der Waals surface area contributed by atoms with Gasteiger partial charge in [-0.2, -0.15) is 0 Å². The van der Waals surface area contributed by atoms with Crippen molar-refractivity contribution in [2.24, 2.45) is 0 Å². The Bertz CT molecular complexity index is 2260. The molecule has 2 amide bonds. The first-order valence-electron chi connectivity index (χ1n) is 19.5. The average Bonchev–Trinajstić information content (AvgIpc) is 3.47. The van der Waals surface area contributed by atoms with Gasteiger partial charge in [-0.05, 0) is 97.5 Å². The van der Waals surface area contributed by atoms with E-state index in [1.807, 2.05) is 42.5 Å². The Hall–Kier alpha value is -6.34. The summed E-state index contributed by atoms with van der Waals surface area (Å²) in [6.07, 6.45) is 0. The molecule has 0 bridgehead atoms. The minimum absolute atomic E-state index is 0.0821. The maximum Gasteiger partial charge on any atom is 0.268 e. The fraction of sp³-hybridized carbons (Fsp3) is 0.208. The number of hydrogen-bond donors (Lipinski definition) is 0. The van der Waals surface area contributed by atoms with Gasteiger partial charge in [-0.25, -0.2) is 4.90 Å². The number of anilines is 11. The van der Waals surface area contributed by atoms with Gasteiger partial charge in [0.05, 0.1) is 73.7 Å². The molecule has 0 aliphatic carbocycles. The molecular formula is C48H45N5O2. The second-order valence-corrected chi connectivity index (χ2v) is 15.0. The highest BCUT2D eigenvalue weighted by molar-refractivity contribution is 6.39. The SMILES string of the molecule is CCN1c2ccccc2N(c2ccc(N3c4ccccc4N(CC)c4ccccc43)c3c2C(=O)N(c2c(C(C)C)cccc2C(C)C)C3=O)c2ccccc21. The van der Waals surface area contributed by atoms with E-state index in [4.69, 9.17) is 0 Å². The number of carbonyl (C=O) groups excluding carboxylic acids is 2. The van der Waals surface area contributed by atoms with Gasteiger partial charge in [-0.1, -0.05) is 94.4 Å². The van der Waals surface area contributed by atoms with Gasteiger partial charge in [0, 0.05) is 13.1 Å². The minimum atomic E-state index is -0.312. The number of fused-ring (bicyclic) bond motifs is 5. The van der Waals surface area contributed by atoms with Gasteiger partial charge in [0.15, 0.2) is 0 Å². The summed E-state index contributed by atoms with van der Waals surface area (Å²) in [5.41, 5.74) is 12.8. The lowest BCUT2D eigenvalue weighted by Crippen LogP contribution is -2.32. The van der Waals surface area contributed by atoms with E-state index in [0.29, 0.717) is 28.2 Å². The second kappa shape index (κ2) is 13.2. The smallest absolute Gasteiger partial charge is 0.268 e. The van der Waals surface area contributed by atoms with Gasteiger partial charge >= 0.3 is 0 Å². The second-order valence-electron chi connectivity index (χ2n) is 15.0. The van der Waals surface area contributed by atoms with E-state index >= 15 is 9.59 Å². The van der Waals surface area contributed by atoms with Crippen molar-refractivity contribution in [2.75, 3.05) is 37.6 Å². The zero-order chi connectivity index (χ0) is 38.1. The Balaban J connectivity index is 1.36. The molecule has 0 unspecified atom stereocenters. The van der Waals surface area contributed by atoms with E-state index in [2.05, 4.69) is 146 Å². The molecule has 7 nitrogen and oxygen atoms in total. The maximum atomic E-state index is 15.6. The van der Waals surface area contributed by atoms with Crippen LogP contribution in [0, 0.1) is 0 Å². The summed E-state index contributed by atoms with van der Waals surface area (Å²) < 4.78 is 0. The summed E-state index contributed by atoms with van der Waals surface area (Å²) in [6.45, 7) is 14.4. The predicted molar refractivity (Wildman–Crippen MR) is 227 cm³/mol. The van der Waals surface area contributed by atoms with E-state index in [1.54, 1.807) is 0 Å². The Kier molecular flexibility index (Phi) is 8.26. The van der Waals surface area contributed by atoms with Crippen molar-refractivity contribution in [2.45, 2.75) is 53.4 Å². The number of amides is 2. The summed E-state index contributed by atoms with van der Waals surface area (Å²) in [4.78, 5) is 41.7. The van der Waals surface area contributed by atoms with Gasteiger partial charge < -0.3 is 19.6 Å². The molecule has 0 N–H and O–H groups in total. The van der Waals surface area contributed by atoms with Crippen LogP contribution in [0.5, 0.6) is 0 Å². The molecule has 0 fully saturated rings. The maximum absolute atomic E-state index is 15.6. The van der Waals surface area contributed by atoms with Gasteiger partial charge in [0.1, 0.15) is 0 Å². The van der Waals surface area contributed by atoms with Crippen LogP contribution in [-0.4, -0.2) is 24.9 Å². The van der Waals surface area contributed by atoms with Gasteiger partial charge in [0.25, 0.3) is 11.8 Å². The van der Waals surface area contributed by atoms with E-state index < -0.39 is 0 Å². The van der Waals surface area contributed by atoms with E-state index in [0.717, 1.165) is 69.7 Å². The fourth-order valence-electron chi connectivity index (χ4n) is 8.92. The highest BCUT2D eigenvalue weighted by Gasteiger charge is 2.46. The van der Waals surface area contributed by atoms with Crippen LogP contribution in [0.2, 0.25) is 0 Å². The average molecular weight is 724 g/mol. The number of benzene rings is 6. The summed E-state index contributed by atoms with van der Waals surface area (Å²) >= 11 is 0. The number of rotatable bonds is 7. The van der Waals surface area contributed by atoms with Crippen LogP contribution >= 0.6 is 0 Å². The first-order chi connectivity index (χ1) is 26.8. The Morgan fingerprint density at radius 1 is 0.382 bits per heavy atom. The van der Waals surface area contributed by atoms with E-state index in [9.17, 15) is 0 Å². The third-order valence-corrected chi connectivity index (χ3v) is 11.3. The van der Waals surface area contributed by atoms with Crippen molar-refractivity contribution in [3.63, 3.8) is 0 Å². The van der Waals surface area contributed by atoms with Crippen molar-refractivity contribution in [1.82, 2.24) is 0 Å². The number of carbonyl (C=O) groups is 2. The van der Waals surface area contributed by atoms with Crippen molar-refractivity contribution in [1.29, 1.82) is 0 Å². The van der Waals surface area contributed by atoms with Crippen LogP contribution in [0.3, 0.4) is 0 Å². The molecule has 0 atom stereocenters. The van der Waals surface area contributed by atoms with Crippen LogP contribution in [0.1, 0.15) is 85.2 Å². The Labute approximate surface area is 323 Å². The number of nitrogens with zero attached hydrogens (tertiary/aromatic N) is 5. The molecule has 274 valence electrons. The zero-order valence-electron chi connectivity index (χ0n) is 32.2. The summed E-state index contributed by atoms with van der Waals surface area (Å²) in [6, 6.07) is 43.6. The molecule has 55 heavy (non-hydrogen) atoms. The van der Waals surface area contributed by atoms with Crippen molar-refractivity contribution in [3.05, 3.63) is 150 Å². The first-order valence-corrected chi connectivity index (χ1v) is 19.5. The Morgan fingerprint density at radius 2 is 0.691 bits per heavy atom. The van der Waals surface area contributed by atoms with Crippen LogP contribution in [0.4, 0.5) is 62.6 Å². The van der Waals surface area contributed by atoms with Crippen LogP contribution in [-0.2, 0) is 0 Å². The summed E-state index contributed by atoms with van der Waals surface area (Å²) in [5.74, 6) is -0.459. The van der Waals surface area contributed by atoms with Gasteiger partial charge in [-0.15, -0.1) is 0 Å². The summed E-state index contributed by atoms with van der Waals surface area (Å²) in [5, 5.41) is 0. The molecular weight excluding hydrogens is 679 g/mol.